The first-order valence-electron chi connectivity index (χ1n) is 11.6. The Kier molecular flexibility index (Phi) is 6.47. The van der Waals surface area contributed by atoms with Crippen LogP contribution in [0.15, 0.2) is 78.9 Å². The molecule has 1 aliphatic rings. The fraction of sp³-hybridized carbons (Fsp3) is 0.214. The molecule has 1 aromatic heterocycles. The van der Waals surface area contributed by atoms with Crippen molar-refractivity contribution < 1.29 is 14.3 Å². The molecule has 5 rings (SSSR count). The molecule has 0 spiro atoms. The van der Waals surface area contributed by atoms with Gasteiger partial charge in [-0.3, -0.25) is 4.79 Å². The largest absolute Gasteiger partial charge is 0.497 e. The van der Waals surface area contributed by atoms with Gasteiger partial charge >= 0.3 is 0 Å². The number of rotatable bonds is 8. The Bertz CT molecular complexity index is 1330. The van der Waals surface area contributed by atoms with Gasteiger partial charge in [0.2, 0.25) is 5.88 Å². The van der Waals surface area contributed by atoms with Gasteiger partial charge in [0.25, 0.3) is 5.91 Å². The van der Waals surface area contributed by atoms with Gasteiger partial charge < -0.3 is 14.4 Å². The number of benzene rings is 3. The topological polar surface area (TPSA) is 56.6 Å². The summed E-state index contributed by atoms with van der Waals surface area (Å²) >= 11 is 6.28. The van der Waals surface area contributed by atoms with E-state index in [2.05, 4.69) is 0 Å². The summed E-state index contributed by atoms with van der Waals surface area (Å²) in [6.45, 7) is 2.33. The molecule has 1 heterocycles. The standard InChI is InChI=1S/C28H26ClN3O3/c1-19-26(18-31(22-13-14-22)27(33)20-11-15-24(34-2)16-12-20)28(35-25-9-4-3-5-10-25)32(30-19)23-8-6-7-21(29)17-23/h3-12,15-17,22H,13-14,18H2,1-2H3. The van der Waals surface area contributed by atoms with Crippen LogP contribution in [0.5, 0.6) is 17.4 Å². The third-order valence-electron chi connectivity index (χ3n) is 6.06. The monoisotopic (exact) mass is 487 g/mol. The van der Waals surface area contributed by atoms with Crippen molar-refractivity contribution in [1.29, 1.82) is 0 Å². The van der Waals surface area contributed by atoms with Crippen molar-refractivity contribution in [3.05, 3.63) is 101 Å². The number of aryl methyl sites for hydroxylation is 1. The number of methoxy groups -OCH3 is 1. The van der Waals surface area contributed by atoms with E-state index in [-0.39, 0.29) is 11.9 Å². The van der Waals surface area contributed by atoms with Crippen LogP contribution in [-0.4, -0.2) is 33.7 Å². The van der Waals surface area contributed by atoms with E-state index in [0.717, 1.165) is 35.5 Å². The normalized spacial score (nSPS) is 12.9. The zero-order valence-electron chi connectivity index (χ0n) is 19.6. The fourth-order valence-corrected chi connectivity index (χ4v) is 4.22. The highest BCUT2D eigenvalue weighted by Gasteiger charge is 2.35. The predicted molar refractivity (Wildman–Crippen MR) is 136 cm³/mol. The van der Waals surface area contributed by atoms with Crippen LogP contribution in [0.1, 0.15) is 34.5 Å². The predicted octanol–water partition coefficient (Wildman–Crippen LogP) is 6.44. The van der Waals surface area contributed by atoms with Crippen LogP contribution in [-0.2, 0) is 6.54 Å². The second kappa shape index (κ2) is 9.84. The minimum Gasteiger partial charge on any atom is -0.497 e. The summed E-state index contributed by atoms with van der Waals surface area (Å²) in [6, 6.07) is 24.5. The van der Waals surface area contributed by atoms with Crippen molar-refractivity contribution in [2.45, 2.75) is 32.4 Å². The maximum absolute atomic E-state index is 13.5. The van der Waals surface area contributed by atoms with Gasteiger partial charge in [-0.25, -0.2) is 4.68 Å². The van der Waals surface area contributed by atoms with Gasteiger partial charge in [0.15, 0.2) is 0 Å². The van der Waals surface area contributed by atoms with Crippen molar-refractivity contribution in [3.8, 4) is 23.1 Å². The minimum atomic E-state index is -0.0179. The molecule has 0 atom stereocenters. The molecular weight excluding hydrogens is 462 g/mol. The Morgan fingerprint density at radius 1 is 1.03 bits per heavy atom. The molecule has 4 aromatic rings. The fourth-order valence-electron chi connectivity index (χ4n) is 4.03. The average molecular weight is 488 g/mol. The molecule has 0 bridgehead atoms. The first kappa shape index (κ1) is 23.0. The lowest BCUT2D eigenvalue weighted by molar-refractivity contribution is 0.0728. The number of carbonyl (C=O) groups is 1. The van der Waals surface area contributed by atoms with Crippen LogP contribution >= 0.6 is 11.6 Å². The lowest BCUT2D eigenvalue weighted by Crippen LogP contribution is -2.32. The van der Waals surface area contributed by atoms with Crippen molar-refractivity contribution in [2.24, 2.45) is 0 Å². The SMILES string of the molecule is COc1ccc(C(=O)N(Cc2c(C)nn(-c3cccc(Cl)c3)c2Oc2ccccc2)C2CC2)cc1. The Morgan fingerprint density at radius 3 is 2.43 bits per heavy atom. The molecule has 1 amide bonds. The van der Waals surface area contributed by atoms with E-state index in [4.69, 9.17) is 26.2 Å². The summed E-state index contributed by atoms with van der Waals surface area (Å²) in [5, 5.41) is 5.39. The zero-order valence-corrected chi connectivity index (χ0v) is 20.4. The van der Waals surface area contributed by atoms with E-state index in [1.54, 1.807) is 23.9 Å². The molecule has 3 aromatic carbocycles. The molecule has 0 saturated heterocycles. The highest BCUT2D eigenvalue weighted by Crippen LogP contribution is 2.36. The van der Waals surface area contributed by atoms with Crippen LogP contribution < -0.4 is 9.47 Å². The smallest absolute Gasteiger partial charge is 0.254 e. The Morgan fingerprint density at radius 2 is 1.77 bits per heavy atom. The number of para-hydroxylation sites is 1. The quantitative estimate of drug-likeness (QED) is 0.287. The molecule has 1 aliphatic carbocycles. The van der Waals surface area contributed by atoms with E-state index in [9.17, 15) is 4.79 Å². The molecular formula is C28H26ClN3O3. The van der Waals surface area contributed by atoms with Gasteiger partial charge in [0.05, 0.1) is 30.6 Å². The summed E-state index contributed by atoms with van der Waals surface area (Å²) in [5.74, 6) is 1.97. The van der Waals surface area contributed by atoms with Crippen LogP contribution in [0, 0.1) is 6.92 Å². The molecule has 0 unspecified atom stereocenters. The number of aromatic nitrogens is 2. The summed E-state index contributed by atoms with van der Waals surface area (Å²) in [4.78, 5) is 15.5. The van der Waals surface area contributed by atoms with E-state index >= 15 is 0 Å². The highest BCUT2D eigenvalue weighted by molar-refractivity contribution is 6.30. The summed E-state index contributed by atoms with van der Waals surface area (Å²) < 4.78 is 13.4. The van der Waals surface area contributed by atoms with Crippen molar-refractivity contribution in [3.63, 3.8) is 0 Å². The van der Waals surface area contributed by atoms with Crippen LogP contribution in [0.25, 0.3) is 5.69 Å². The number of ether oxygens (including phenoxy) is 2. The molecule has 1 saturated carbocycles. The van der Waals surface area contributed by atoms with Crippen molar-refractivity contribution in [1.82, 2.24) is 14.7 Å². The maximum atomic E-state index is 13.5. The molecule has 7 heteroatoms. The Balaban J connectivity index is 1.53. The summed E-state index contributed by atoms with van der Waals surface area (Å²) in [5.41, 5.74) is 3.08. The summed E-state index contributed by atoms with van der Waals surface area (Å²) in [7, 11) is 1.61. The summed E-state index contributed by atoms with van der Waals surface area (Å²) in [6.07, 6.45) is 1.97. The van der Waals surface area contributed by atoms with Crippen LogP contribution in [0.2, 0.25) is 5.02 Å². The van der Waals surface area contributed by atoms with Gasteiger partial charge in [-0.15, -0.1) is 0 Å². The number of hydrogen-bond donors (Lipinski definition) is 0. The lowest BCUT2D eigenvalue weighted by Gasteiger charge is -2.23. The molecule has 0 N–H and O–H groups in total. The number of halogens is 1. The maximum Gasteiger partial charge on any atom is 0.254 e. The van der Waals surface area contributed by atoms with Crippen LogP contribution in [0.3, 0.4) is 0 Å². The van der Waals surface area contributed by atoms with Crippen LogP contribution in [0.4, 0.5) is 0 Å². The minimum absolute atomic E-state index is 0.0179. The number of hydrogen-bond acceptors (Lipinski definition) is 4. The molecule has 0 radical (unpaired) electrons. The third-order valence-corrected chi connectivity index (χ3v) is 6.30. The van der Waals surface area contributed by atoms with Gasteiger partial charge in [-0.05, 0) is 74.4 Å². The highest BCUT2D eigenvalue weighted by atomic mass is 35.5. The van der Waals surface area contributed by atoms with E-state index in [0.29, 0.717) is 28.8 Å². The molecule has 6 nitrogen and oxygen atoms in total. The van der Waals surface area contributed by atoms with Gasteiger partial charge in [-0.1, -0.05) is 35.9 Å². The third kappa shape index (κ3) is 5.03. The van der Waals surface area contributed by atoms with Gasteiger partial charge in [0, 0.05) is 16.6 Å². The van der Waals surface area contributed by atoms with Crippen molar-refractivity contribution in [2.75, 3.05) is 7.11 Å². The Labute approximate surface area is 209 Å². The van der Waals surface area contributed by atoms with E-state index in [1.165, 1.54) is 0 Å². The van der Waals surface area contributed by atoms with Crippen molar-refractivity contribution >= 4 is 17.5 Å². The molecule has 1 fully saturated rings. The number of amides is 1. The first-order valence-corrected chi connectivity index (χ1v) is 11.9. The van der Waals surface area contributed by atoms with Gasteiger partial charge in [0.1, 0.15) is 11.5 Å². The first-order chi connectivity index (χ1) is 17.0. The Hall–Kier alpha value is -3.77. The molecule has 178 valence electrons. The number of carbonyl (C=O) groups excluding carboxylic acids is 1. The molecule has 35 heavy (non-hydrogen) atoms. The second-order valence-corrected chi connectivity index (χ2v) is 9.01. The van der Waals surface area contributed by atoms with E-state index in [1.807, 2.05) is 78.6 Å². The molecule has 0 aliphatic heterocycles. The second-order valence-electron chi connectivity index (χ2n) is 8.57. The zero-order chi connectivity index (χ0) is 24.4. The number of nitrogens with zero attached hydrogens (tertiary/aromatic N) is 3. The van der Waals surface area contributed by atoms with E-state index < -0.39 is 0 Å². The average Bonchev–Trinajstić information content (AvgIpc) is 3.68. The lowest BCUT2D eigenvalue weighted by atomic mass is 10.1. The van der Waals surface area contributed by atoms with Gasteiger partial charge in [-0.2, -0.15) is 5.10 Å².